The van der Waals surface area contributed by atoms with Crippen molar-refractivity contribution in [3.05, 3.63) is 117 Å². The standard InChI is InChI=1S/C32H29BrN2O2/c1-37-30-17-21(16-29(33)32(30)36)20-34-24-18-27-25(22-8-4-2-5-9-22)12-14-35-15-13-26(28(19-24)31(27)35)23-10-6-3-7-11-23/h2-11,16-20,25-26,36H,12-15H2,1H3/t25-,26+. The van der Waals surface area contributed by atoms with Crippen LogP contribution in [0.25, 0.3) is 0 Å². The topological polar surface area (TPSA) is 45.1 Å². The summed E-state index contributed by atoms with van der Waals surface area (Å²) in [5.74, 6) is 1.20. The van der Waals surface area contributed by atoms with Crippen molar-refractivity contribution in [2.24, 2.45) is 4.99 Å². The number of halogens is 1. The molecule has 1 N–H and O–H groups in total. The smallest absolute Gasteiger partial charge is 0.172 e. The Morgan fingerprint density at radius 1 is 0.865 bits per heavy atom. The third-order valence-electron chi connectivity index (χ3n) is 7.63. The van der Waals surface area contributed by atoms with E-state index in [2.05, 4.69) is 93.6 Å². The Bertz CT molecular complexity index is 1380. The first-order chi connectivity index (χ1) is 18.1. The Morgan fingerprint density at radius 3 is 1.97 bits per heavy atom. The molecule has 2 atom stereocenters. The number of anilines is 1. The first-order valence-corrected chi connectivity index (χ1v) is 13.5. The molecule has 0 fully saturated rings. The van der Waals surface area contributed by atoms with Crippen molar-refractivity contribution < 1.29 is 9.84 Å². The summed E-state index contributed by atoms with van der Waals surface area (Å²) in [6.07, 6.45) is 4.04. The fraction of sp³-hybridized carbons (Fsp3) is 0.219. The second-order valence-corrected chi connectivity index (χ2v) is 10.6. The van der Waals surface area contributed by atoms with E-state index in [4.69, 9.17) is 9.73 Å². The first-order valence-electron chi connectivity index (χ1n) is 12.8. The number of methoxy groups -OCH3 is 1. The molecule has 2 aliphatic rings. The molecule has 2 heterocycles. The number of aliphatic imine (C=N–C) groups is 1. The maximum atomic E-state index is 10.2. The third-order valence-corrected chi connectivity index (χ3v) is 8.24. The molecule has 0 radical (unpaired) electrons. The zero-order valence-corrected chi connectivity index (χ0v) is 22.4. The molecule has 0 amide bonds. The lowest BCUT2D eigenvalue weighted by Crippen LogP contribution is -2.37. The van der Waals surface area contributed by atoms with E-state index in [0.29, 0.717) is 22.1 Å². The number of hydrogen-bond donors (Lipinski definition) is 1. The minimum Gasteiger partial charge on any atom is -0.503 e. The van der Waals surface area contributed by atoms with Gasteiger partial charge < -0.3 is 14.7 Å². The molecule has 0 aliphatic carbocycles. The van der Waals surface area contributed by atoms with E-state index >= 15 is 0 Å². The number of hydrogen-bond acceptors (Lipinski definition) is 4. The van der Waals surface area contributed by atoms with Crippen LogP contribution in [0.4, 0.5) is 11.4 Å². The zero-order chi connectivity index (χ0) is 25.4. The van der Waals surface area contributed by atoms with E-state index in [1.807, 2.05) is 12.3 Å². The SMILES string of the molecule is COc1cc(C=Nc2cc3c4c(c2)[C@H](c2ccccc2)CCN4CC[C@@H]3c2ccccc2)cc(Br)c1O. The number of phenolic OH excluding ortho intramolecular Hbond substituents is 1. The van der Waals surface area contributed by atoms with Gasteiger partial charge in [-0.25, -0.2) is 0 Å². The van der Waals surface area contributed by atoms with Gasteiger partial charge in [-0.3, -0.25) is 4.99 Å². The number of benzene rings is 4. The van der Waals surface area contributed by atoms with Crippen LogP contribution < -0.4 is 9.64 Å². The molecule has 6 rings (SSSR count). The summed E-state index contributed by atoms with van der Waals surface area (Å²) in [4.78, 5) is 7.53. The fourth-order valence-corrected chi connectivity index (χ4v) is 6.35. The van der Waals surface area contributed by atoms with Gasteiger partial charge in [-0.1, -0.05) is 60.7 Å². The normalized spacial score (nSPS) is 18.6. The molecule has 5 heteroatoms. The van der Waals surface area contributed by atoms with Crippen LogP contribution in [0.15, 0.2) is 94.4 Å². The molecule has 4 aromatic carbocycles. The van der Waals surface area contributed by atoms with Crippen LogP contribution in [0.3, 0.4) is 0 Å². The van der Waals surface area contributed by atoms with Gasteiger partial charge in [0.2, 0.25) is 0 Å². The van der Waals surface area contributed by atoms with Crippen LogP contribution in [0.5, 0.6) is 11.5 Å². The highest BCUT2D eigenvalue weighted by Gasteiger charge is 2.35. The van der Waals surface area contributed by atoms with Crippen molar-refractivity contribution in [3.8, 4) is 11.5 Å². The highest BCUT2D eigenvalue weighted by Crippen LogP contribution is 2.50. The zero-order valence-electron chi connectivity index (χ0n) is 20.8. The lowest BCUT2D eigenvalue weighted by molar-refractivity contribution is 0.372. The highest BCUT2D eigenvalue weighted by molar-refractivity contribution is 9.10. The quantitative estimate of drug-likeness (QED) is 0.257. The van der Waals surface area contributed by atoms with E-state index in [9.17, 15) is 5.11 Å². The molecule has 0 saturated carbocycles. The molecule has 37 heavy (non-hydrogen) atoms. The summed E-state index contributed by atoms with van der Waals surface area (Å²) in [6.45, 7) is 2.15. The molecule has 0 unspecified atom stereocenters. The number of phenols is 1. The summed E-state index contributed by atoms with van der Waals surface area (Å²) >= 11 is 3.42. The van der Waals surface area contributed by atoms with E-state index in [-0.39, 0.29) is 5.75 Å². The van der Waals surface area contributed by atoms with Crippen LogP contribution >= 0.6 is 15.9 Å². The molecule has 0 aromatic heterocycles. The van der Waals surface area contributed by atoms with Crippen LogP contribution in [0, 0.1) is 0 Å². The number of rotatable bonds is 5. The predicted octanol–water partition coefficient (Wildman–Crippen LogP) is 7.79. The summed E-state index contributed by atoms with van der Waals surface area (Å²) in [5.41, 5.74) is 8.66. The summed E-state index contributed by atoms with van der Waals surface area (Å²) in [7, 11) is 1.55. The molecular weight excluding hydrogens is 524 g/mol. The maximum absolute atomic E-state index is 10.2. The maximum Gasteiger partial charge on any atom is 0.172 e. The molecule has 4 nitrogen and oxygen atoms in total. The van der Waals surface area contributed by atoms with Gasteiger partial charge in [0, 0.05) is 36.8 Å². The number of ether oxygens (including phenoxy) is 1. The van der Waals surface area contributed by atoms with Gasteiger partial charge in [0.05, 0.1) is 17.3 Å². The monoisotopic (exact) mass is 552 g/mol. The second kappa shape index (κ2) is 10.1. The van der Waals surface area contributed by atoms with Crippen LogP contribution in [-0.2, 0) is 0 Å². The first kappa shape index (κ1) is 23.8. The molecule has 0 spiro atoms. The van der Waals surface area contributed by atoms with E-state index in [1.54, 1.807) is 13.2 Å². The number of nitrogens with zero attached hydrogens (tertiary/aromatic N) is 2. The van der Waals surface area contributed by atoms with Crippen molar-refractivity contribution in [2.45, 2.75) is 24.7 Å². The van der Waals surface area contributed by atoms with Crippen LogP contribution in [0.2, 0.25) is 0 Å². The van der Waals surface area contributed by atoms with Crippen molar-refractivity contribution >= 4 is 33.5 Å². The summed E-state index contributed by atoms with van der Waals surface area (Å²) < 4.78 is 5.91. The average molecular weight is 554 g/mol. The van der Waals surface area contributed by atoms with Gasteiger partial charge in [0.1, 0.15) is 0 Å². The molecule has 4 aromatic rings. The average Bonchev–Trinajstić information content (AvgIpc) is 2.95. The van der Waals surface area contributed by atoms with Crippen molar-refractivity contribution in [2.75, 3.05) is 25.1 Å². The van der Waals surface area contributed by atoms with Crippen molar-refractivity contribution in [3.63, 3.8) is 0 Å². The minimum atomic E-state index is 0.0920. The molecule has 0 bridgehead atoms. The summed E-state index contributed by atoms with van der Waals surface area (Å²) in [6, 6.07) is 29.9. The fourth-order valence-electron chi connectivity index (χ4n) is 5.89. The lowest BCUT2D eigenvalue weighted by Gasteiger charge is -2.43. The Kier molecular flexibility index (Phi) is 6.47. The van der Waals surface area contributed by atoms with Gasteiger partial charge in [-0.05, 0) is 80.9 Å². The summed E-state index contributed by atoms with van der Waals surface area (Å²) in [5, 5.41) is 10.2. The van der Waals surface area contributed by atoms with Crippen molar-refractivity contribution in [1.29, 1.82) is 0 Å². The highest BCUT2D eigenvalue weighted by atomic mass is 79.9. The third kappa shape index (κ3) is 4.53. The van der Waals surface area contributed by atoms with Gasteiger partial charge in [0.15, 0.2) is 11.5 Å². The molecule has 186 valence electrons. The number of aromatic hydroxyl groups is 1. The predicted molar refractivity (Wildman–Crippen MR) is 154 cm³/mol. The Morgan fingerprint density at radius 2 is 1.43 bits per heavy atom. The van der Waals surface area contributed by atoms with Gasteiger partial charge in [-0.2, -0.15) is 0 Å². The lowest BCUT2D eigenvalue weighted by atomic mass is 9.76. The van der Waals surface area contributed by atoms with Crippen molar-refractivity contribution in [1.82, 2.24) is 0 Å². The Balaban J connectivity index is 1.49. The van der Waals surface area contributed by atoms with Gasteiger partial charge in [-0.15, -0.1) is 0 Å². The van der Waals surface area contributed by atoms with Crippen LogP contribution in [0.1, 0.15) is 52.5 Å². The molecule has 2 aliphatic heterocycles. The molecule has 0 saturated heterocycles. The van der Waals surface area contributed by atoms with Gasteiger partial charge >= 0.3 is 0 Å². The Hall–Kier alpha value is -3.57. The Labute approximate surface area is 226 Å². The largest absolute Gasteiger partial charge is 0.503 e. The van der Waals surface area contributed by atoms with E-state index < -0.39 is 0 Å². The molecular formula is C32H29BrN2O2. The van der Waals surface area contributed by atoms with Crippen LogP contribution in [-0.4, -0.2) is 31.5 Å². The minimum absolute atomic E-state index is 0.0920. The van der Waals surface area contributed by atoms with E-state index in [0.717, 1.165) is 37.2 Å². The van der Waals surface area contributed by atoms with Gasteiger partial charge in [0.25, 0.3) is 0 Å². The second-order valence-electron chi connectivity index (χ2n) is 9.78. The van der Waals surface area contributed by atoms with E-state index in [1.165, 1.54) is 27.9 Å².